The summed E-state index contributed by atoms with van der Waals surface area (Å²) in [6.45, 7) is 7.95. The summed E-state index contributed by atoms with van der Waals surface area (Å²) in [6, 6.07) is 4.17. The van der Waals surface area contributed by atoms with Crippen LogP contribution in [-0.2, 0) is 6.54 Å². The number of hydrogen-bond acceptors (Lipinski definition) is 3. The quantitative estimate of drug-likeness (QED) is 0.888. The highest BCUT2D eigenvalue weighted by molar-refractivity contribution is 6.31. The smallest absolute Gasteiger partial charge is 0.0837 e. The monoisotopic (exact) mass is 292 g/mol. The first-order valence-corrected chi connectivity index (χ1v) is 7.42. The molecule has 2 heterocycles. The summed E-state index contributed by atoms with van der Waals surface area (Å²) in [7, 11) is 0. The average Bonchev–Trinajstić information content (AvgIpc) is 2.81. The lowest BCUT2D eigenvalue weighted by molar-refractivity contribution is 0.529. The molecule has 2 aromatic heterocycles. The van der Waals surface area contributed by atoms with Crippen LogP contribution in [0.25, 0.3) is 0 Å². The van der Waals surface area contributed by atoms with E-state index in [1.807, 2.05) is 23.9 Å². The number of aryl methyl sites for hydroxylation is 2. The van der Waals surface area contributed by atoms with Crippen molar-refractivity contribution in [2.24, 2.45) is 0 Å². The van der Waals surface area contributed by atoms with Crippen LogP contribution < -0.4 is 5.32 Å². The first-order chi connectivity index (χ1) is 9.67. The Morgan fingerprint density at radius 3 is 2.85 bits per heavy atom. The standard InChI is InChI=1S/C15H21ClN4/c1-4-7-18-14(12-6-8-17-11(3)9-12)15-13(16)10-19-20(15)5-2/h6,8-10,14,18H,4-5,7H2,1-3H3. The number of aromatic nitrogens is 3. The lowest BCUT2D eigenvalue weighted by Gasteiger charge is -2.21. The molecule has 0 aliphatic rings. The molecule has 0 bridgehead atoms. The summed E-state index contributed by atoms with van der Waals surface area (Å²) in [4.78, 5) is 4.27. The third-order valence-corrected chi connectivity index (χ3v) is 3.55. The Bertz CT molecular complexity index is 565. The van der Waals surface area contributed by atoms with Crippen molar-refractivity contribution >= 4 is 11.6 Å². The summed E-state index contributed by atoms with van der Waals surface area (Å²) >= 11 is 6.35. The number of rotatable bonds is 6. The Balaban J connectivity index is 2.44. The van der Waals surface area contributed by atoms with Gasteiger partial charge in [0.2, 0.25) is 0 Å². The van der Waals surface area contributed by atoms with E-state index in [1.54, 1.807) is 6.20 Å². The second-order valence-corrected chi connectivity index (χ2v) is 5.22. The highest BCUT2D eigenvalue weighted by Crippen LogP contribution is 2.28. The van der Waals surface area contributed by atoms with Crippen LogP contribution >= 0.6 is 11.6 Å². The topological polar surface area (TPSA) is 42.7 Å². The van der Waals surface area contributed by atoms with Gasteiger partial charge in [0, 0.05) is 18.4 Å². The van der Waals surface area contributed by atoms with Crippen LogP contribution in [-0.4, -0.2) is 21.3 Å². The molecule has 5 heteroatoms. The highest BCUT2D eigenvalue weighted by Gasteiger charge is 2.21. The highest BCUT2D eigenvalue weighted by atomic mass is 35.5. The van der Waals surface area contributed by atoms with E-state index in [4.69, 9.17) is 11.6 Å². The van der Waals surface area contributed by atoms with Gasteiger partial charge in [0.1, 0.15) is 0 Å². The van der Waals surface area contributed by atoms with Crippen LogP contribution in [0.5, 0.6) is 0 Å². The lowest BCUT2D eigenvalue weighted by atomic mass is 10.0. The van der Waals surface area contributed by atoms with Crippen LogP contribution in [0.2, 0.25) is 5.02 Å². The molecule has 0 spiro atoms. The van der Waals surface area contributed by atoms with Crippen molar-refractivity contribution in [3.8, 4) is 0 Å². The van der Waals surface area contributed by atoms with Gasteiger partial charge in [0.15, 0.2) is 0 Å². The van der Waals surface area contributed by atoms with Crippen LogP contribution in [0.3, 0.4) is 0 Å². The molecule has 0 amide bonds. The molecule has 0 radical (unpaired) electrons. The van der Waals surface area contributed by atoms with Crippen molar-refractivity contribution in [1.82, 2.24) is 20.1 Å². The average molecular weight is 293 g/mol. The van der Waals surface area contributed by atoms with Gasteiger partial charge in [-0.15, -0.1) is 0 Å². The minimum Gasteiger partial charge on any atom is -0.305 e. The van der Waals surface area contributed by atoms with Crippen molar-refractivity contribution in [3.63, 3.8) is 0 Å². The summed E-state index contributed by atoms with van der Waals surface area (Å²) in [6.07, 6.45) is 4.62. The van der Waals surface area contributed by atoms with Crippen molar-refractivity contribution in [3.05, 3.63) is 46.5 Å². The molecule has 0 fully saturated rings. The molecule has 0 aliphatic carbocycles. The van der Waals surface area contributed by atoms with E-state index in [9.17, 15) is 0 Å². The van der Waals surface area contributed by atoms with E-state index in [2.05, 4.69) is 35.3 Å². The van der Waals surface area contributed by atoms with Crippen molar-refractivity contribution in [2.45, 2.75) is 39.8 Å². The van der Waals surface area contributed by atoms with Crippen LogP contribution in [0.4, 0.5) is 0 Å². The number of nitrogens with one attached hydrogen (secondary N) is 1. The van der Waals surface area contributed by atoms with E-state index >= 15 is 0 Å². The van der Waals surface area contributed by atoms with Gasteiger partial charge in [-0.3, -0.25) is 9.67 Å². The molecule has 0 saturated heterocycles. The van der Waals surface area contributed by atoms with Gasteiger partial charge in [-0.2, -0.15) is 5.10 Å². The van der Waals surface area contributed by atoms with Crippen molar-refractivity contribution in [1.29, 1.82) is 0 Å². The molecule has 0 aliphatic heterocycles. The molecule has 4 nitrogen and oxygen atoms in total. The van der Waals surface area contributed by atoms with E-state index in [0.29, 0.717) is 5.02 Å². The minimum atomic E-state index is 0.0478. The number of halogens is 1. The second-order valence-electron chi connectivity index (χ2n) is 4.81. The van der Waals surface area contributed by atoms with Gasteiger partial charge in [-0.05, 0) is 44.5 Å². The number of pyridine rings is 1. The maximum atomic E-state index is 6.35. The zero-order chi connectivity index (χ0) is 14.5. The molecule has 2 aromatic rings. The van der Waals surface area contributed by atoms with E-state index in [1.165, 1.54) is 5.56 Å². The Morgan fingerprint density at radius 2 is 2.20 bits per heavy atom. The Hall–Kier alpha value is -1.39. The second kappa shape index (κ2) is 6.86. The largest absolute Gasteiger partial charge is 0.305 e. The first kappa shape index (κ1) is 15.0. The Kier molecular flexibility index (Phi) is 5.15. The molecule has 1 atom stereocenters. The van der Waals surface area contributed by atoms with Crippen LogP contribution in [0.1, 0.15) is 43.3 Å². The predicted octanol–water partition coefficient (Wildman–Crippen LogP) is 3.35. The molecule has 20 heavy (non-hydrogen) atoms. The molecule has 1 unspecified atom stereocenters. The van der Waals surface area contributed by atoms with E-state index in [0.717, 1.165) is 30.9 Å². The van der Waals surface area contributed by atoms with Crippen molar-refractivity contribution in [2.75, 3.05) is 6.54 Å². The SMILES string of the molecule is CCCNC(c1ccnc(C)c1)c1c(Cl)cnn1CC. The number of hydrogen-bond donors (Lipinski definition) is 1. The third-order valence-electron chi connectivity index (χ3n) is 3.26. The molecular weight excluding hydrogens is 272 g/mol. The molecule has 0 saturated carbocycles. The van der Waals surface area contributed by atoms with Gasteiger partial charge < -0.3 is 5.32 Å². The zero-order valence-corrected chi connectivity index (χ0v) is 13.0. The minimum absolute atomic E-state index is 0.0478. The van der Waals surface area contributed by atoms with Gasteiger partial charge in [-0.25, -0.2) is 0 Å². The van der Waals surface area contributed by atoms with Crippen LogP contribution in [0.15, 0.2) is 24.5 Å². The third kappa shape index (κ3) is 3.19. The summed E-state index contributed by atoms with van der Waals surface area (Å²) in [5, 5.41) is 8.60. The summed E-state index contributed by atoms with van der Waals surface area (Å²) < 4.78 is 1.95. The van der Waals surface area contributed by atoms with Gasteiger partial charge in [0.05, 0.1) is 23.0 Å². The lowest BCUT2D eigenvalue weighted by Crippen LogP contribution is -2.26. The summed E-state index contributed by atoms with van der Waals surface area (Å²) in [5.41, 5.74) is 3.20. The van der Waals surface area contributed by atoms with Crippen LogP contribution in [0, 0.1) is 6.92 Å². The van der Waals surface area contributed by atoms with Gasteiger partial charge in [0.25, 0.3) is 0 Å². The number of nitrogens with zero attached hydrogens (tertiary/aromatic N) is 3. The zero-order valence-electron chi connectivity index (χ0n) is 12.2. The van der Waals surface area contributed by atoms with E-state index < -0.39 is 0 Å². The molecule has 0 aromatic carbocycles. The molecule has 108 valence electrons. The molecule has 1 N–H and O–H groups in total. The Morgan fingerprint density at radius 1 is 1.40 bits per heavy atom. The summed E-state index contributed by atoms with van der Waals surface area (Å²) in [5.74, 6) is 0. The van der Waals surface area contributed by atoms with Crippen molar-refractivity contribution < 1.29 is 0 Å². The maximum Gasteiger partial charge on any atom is 0.0837 e. The van der Waals surface area contributed by atoms with Gasteiger partial charge >= 0.3 is 0 Å². The fourth-order valence-electron chi connectivity index (χ4n) is 2.32. The Labute approximate surface area is 125 Å². The van der Waals surface area contributed by atoms with Gasteiger partial charge in [-0.1, -0.05) is 18.5 Å². The maximum absolute atomic E-state index is 6.35. The fourth-order valence-corrected chi connectivity index (χ4v) is 2.57. The normalized spacial score (nSPS) is 12.6. The van der Waals surface area contributed by atoms with E-state index in [-0.39, 0.29) is 6.04 Å². The molecule has 2 rings (SSSR count). The predicted molar refractivity (Wildman–Crippen MR) is 82.0 cm³/mol. The molecular formula is C15H21ClN4. The first-order valence-electron chi connectivity index (χ1n) is 7.04. The fraction of sp³-hybridized carbons (Fsp3) is 0.467.